The van der Waals surface area contributed by atoms with Gasteiger partial charge in [0.25, 0.3) is 0 Å². The van der Waals surface area contributed by atoms with Gasteiger partial charge in [-0.3, -0.25) is 14.4 Å². The van der Waals surface area contributed by atoms with Crippen molar-refractivity contribution in [1.82, 2.24) is 10.6 Å². The number of rotatable bonds is 15. The summed E-state index contributed by atoms with van der Waals surface area (Å²) in [6, 6.07) is 6.68. The summed E-state index contributed by atoms with van der Waals surface area (Å²) < 4.78 is 10.8. The summed E-state index contributed by atoms with van der Waals surface area (Å²) in [5.74, 6) is -0.724. The second kappa shape index (κ2) is 14.8. The number of aliphatic hydroxyl groups excluding tert-OH is 1. The molecule has 0 spiro atoms. The van der Waals surface area contributed by atoms with Crippen LogP contribution in [0.1, 0.15) is 39.2 Å². The molecule has 0 heterocycles. The largest absolute Gasteiger partial charge is 0.392 e. The summed E-state index contributed by atoms with van der Waals surface area (Å²) in [5, 5.41) is 16.9. The van der Waals surface area contributed by atoms with E-state index in [9.17, 15) is 14.4 Å². The van der Waals surface area contributed by atoms with E-state index in [-0.39, 0.29) is 38.4 Å². The Bertz CT molecular complexity index is 727. The lowest BCUT2D eigenvalue weighted by molar-refractivity contribution is -0.132. The summed E-state index contributed by atoms with van der Waals surface area (Å²) in [4.78, 5) is 35.7. The number of anilines is 1. The Labute approximate surface area is 194 Å². The molecule has 0 radical (unpaired) electrons. The number of nitrogens with one attached hydrogen (secondary N) is 3. The smallest absolute Gasteiger partial charge is 0.246 e. The van der Waals surface area contributed by atoms with Crippen LogP contribution in [-0.2, 0) is 30.5 Å². The lowest BCUT2D eigenvalue weighted by atomic mass is 10.0. The monoisotopic (exact) mass is 471 g/mol. The summed E-state index contributed by atoms with van der Waals surface area (Å²) in [5.41, 5.74) is 0.790. The number of aliphatic hydroxyl groups is 1. The van der Waals surface area contributed by atoms with Gasteiger partial charge in [-0.1, -0.05) is 12.1 Å². The first-order valence-electron chi connectivity index (χ1n) is 10.5. The van der Waals surface area contributed by atoms with Crippen molar-refractivity contribution < 1.29 is 29.0 Å². The van der Waals surface area contributed by atoms with E-state index in [0.29, 0.717) is 24.6 Å². The Morgan fingerprint density at radius 2 is 1.75 bits per heavy atom. The molecule has 180 valence electrons. The average molecular weight is 472 g/mol. The molecular formula is C22H34ClN3O6. The SMILES string of the molecule is CC(CCCl)OCCC(C)(C)NC(=O)COCC(=O)NCC(=O)Nc1ccc(CO)cc1. The summed E-state index contributed by atoms with van der Waals surface area (Å²) in [6.45, 7) is 5.27. The molecule has 0 fully saturated rings. The molecule has 0 aliphatic carbocycles. The summed E-state index contributed by atoms with van der Waals surface area (Å²) >= 11 is 5.68. The maximum absolute atomic E-state index is 12.0. The van der Waals surface area contributed by atoms with Crippen LogP contribution in [0.2, 0.25) is 0 Å². The molecule has 1 aromatic carbocycles. The Balaban J connectivity index is 2.20. The lowest BCUT2D eigenvalue weighted by Crippen LogP contribution is -2.46. The van der Waals surface area contributed by atoms with Crippen LogP contribution < -0.4 is 16.0 Å². The van der Waals surface area contributed by atoms with Gasteiger partial charge in [0.1, 0.15) is 13.2 Å². The van der Waals surface area contributed by atoms with Gasteiger partial charge in [-0.15, -0.1) is 11.6 Å². The fourth-order valence-corrected chi connectivity index (χ4v) is 2.90. The Morgan fingerprint density at radius 3 is 2.38 bits per heavy atom. The van der Waals surface area contributed by atoms with Crippen molar-refractivity contribution in [3.63, 3.8) is 0 Å². The number of hydrogen-bond donors (Lipinski definition) is 4. The Kier molecular flexibility index (Phi) is 12.9. The molecule has 1 aromatic rings. The normalized spacial score (nSPS) is 12.2. The van der Waals surface area contributed by atoms with E-state index in [2.05, 4.69) is 16.0 Å². The Morgan fingerprint density at radius 1 is 1.09 bits per heavy atom. The molecule has 3 amide bonds. The van der Waals surface area contributed by atoms with Gasteiger partial charge in [0, 0.05) is 23.7 Å². The minimum Gasteiger partial charge on any atom is -0.392 e. The standard InChI is InChI=1S/C22H34ClN3O6/c1-16(8-10-23)32-11-9-22(2,3)26-21(30)15-31-14-20(29)24-12-19(28)25-18-6-4-17(13-27)5-7-18/h4-7,16,27H,8-15H2,1-3H3,(H,24,29)(H,25,28)(H,26,30). The number of amides is 3. The number of alkyl halides is 1. The third kappa shape index (κ3) is 12.6. The highest BCUT2D eigenvalue weighted by Gasteiger charge is 2.21. The first kappa shape index (κ1) is 27.8. The van der Waals surface area contributed by atoms with Gasteiger partial charge >= 0.3 is 0 Å². The number of hydrogen-bond acceptors (Lipinski definition) is 6. The van der Waals surface area contributed by atoms with E-state index < -0.39 is 17.4 Å². The van der Waals surface area contributed by atoms with Gasteiger partial charge in [0.2, 0.25) is 17.7 Å². The second-order valence-corrected chi connectivity index (χ2v) is 8.39. The van der Waals surface area contributed by atoms with Crippen molar-refractivity contribution in [2.45, 2.75) is 51.9 Å². The molecule has 0 saturated carbocycles. The first-order chi connectivity index (χ1) is 15.1. The third-order valence-electron chi connectivity index (χ3n) is 4.46. The van der Waals surface area contributed by atoms with Gasteiger partial charge in [-0.05, 0) is 51.3 Å². The maximum atomic E-state index is 12.0. The second-order valence-electron chi connectivity index (χ2n) is 8.01. The van der Waals surface area contributed by atoms with Crippen LogP contribution in [-0.4, -0.2) is 66.7 Å². The minimum atomic E-state index is -0.510. The van der Waals surface area contributed by atoms with Crippen LogP contribution >= 0.6 is 11.6 Å². The predicted octanol–water partition coefficient (Wildman–Crippen LogP) is 1.57. The van der Waals surface area contributed by atoms with Crippen LogP contribution in [0.5, 0.6) is 0 Å². The number of benzene rings is 1. The number of ether oxygens (including phenoxy) is 2. The molecular weight excluding hydrogens is 438 g/mol. The quantitative estimate of drug-likeness (QED) is 0.288. The summed E-state index contributed by atoms with van der Waals surface area (Å²) in [7, 11) is 0. The molecule has 1 rings (SSSR count). The molecule has 32 heavy (non-hydrogen) atoms. The molecule has 0 saturated heterocycles. The van der Waals surface area contributed by atoms with Crippen LogP contribution in [0.4, 0.5) is 5.69 Å². The average Bonchev–Trinajstić information content (AvgIpc) is 2.72. The van der Waals surface area contributed by atoms with Crippen molar-refractivity contribution in [3.05, 3.63) is 29.8 Å². The molecule has 0 aliphatic rings. The van der Waals surface area contributed by atoms with E-state index in [0.717, 1.165) is 12.0 Å². The van der Waals surface area contributed by atoms with Gasteiger partial charge in [0.05, 0.1) is 19.3 Å². The molecule has 9 nitrogen and oxygen atoms in total. The number of halogens is 1. The van der Waals surface area contributed by atoms with Crippen LogP contribution in [0.15, 0.2) is 24.3 Å². The van der Waals surface area contributed by atoms with Crippen molar-refractivity contribution in [2.24, 2.45) is 0 Å². The topological polar surface area (TPSA) is 126 Å². The predicted molar refractivity (Wildman–Crippen MR) is 122 cm³/mol. The maximum Gasteiger partial charge on any atom is 0.246 e. The highest BCUT2D eigenvalue weighted by Crippen LogP contribution is 2.11. The third-order valence-corrected chi connectivity index (χ3v) is 4.67. The lowest BCUT2D eigenvalue weighted by Gasteiger charge is -2.27. The van der Waals surface area contributed by atoms with E-state index >= 15 is 0 Å². The number of carbonyl (C=O) groups excluding carboxylic acids is 3. The molecule has 4 N–H and O–H groups in total. The van der Waals surface area contributed by atoms with Crippen LogP contribution in [0.25, 0.3) is 0 Å². The zero-order valence-corrected chi connectivity index (χ0v) is 19.7. The molecule has 1 atom stereocenters. The van der Waals surface area contributed by atoms with Crippen molar-refractivity contribution >= 4 is 35.0 Å². The molecule has 0 bridgehead atoms. The zero-order chi connectivity index (χ0) is 24.0. The molecule has 1 unspecified atom stereocenters. The van der Waals surface area contributed by atoms with Gasteiger partial charge in [-0.2, -0.15) is 0 Å². The van der Waals surface area contributed by atoms with E-state index in [1.807, 2.05) is 20.8 Å². The van der Waals surface area contributed by atoms with Crippen molar-refractivity contribution in [2.75, 3.05) is 37.6 Å². The van der Waals surface area contributed by atoms with Gasteiger partial charge in [-0.25, -0.2) is 0 Å². The summed E-state index contributed by atoms with van der Waals surface area (Å²) in [6.07, 6.45) is 1.45. The zero-order valence-electron chi connectivity index (χ0n) is 18.9. The van der Waals surface area contributed by atoms with E-state index in [1.165, 1.54) is 0 Å². The van der Waals surface area contributed by atoms with Crippen molar-refractivity contribution in [3.8, 4) is 0 Å². The highest BCUT2D eigenvalue weighted by molar-refractivity contribution is 6.17. The Hall–Kier alpha value is -2.20. The van der Waals surface area contributed by atoms with E-state index in [4.69, 9.17) is 26.2 Å². The first-order valence-corrected chi connectivity index (χ1v) is 11.0. The molecule has 10 heteroatoms. The minimum absolute atomic E-state index is 0.0646. The number of carbonyl (C=O) groups is 3. The van der Waals surface area contributed by atoms with Crippen molar-refractivity contribution in [1.29, 1.82) is 0 Å². The van der Waals surface area contributed by atoms with Gasteiger partial charge in [0.15, 0.2) is 0 Å². The van der Waals surface area contributed by atoms with Gasteiger partial charge < -0.3 is 30.5 Å². The van der Waals surface area contributed by atoms with E-state index in [1.54, 1.807) is 24.3 Å². The highest BCUT2D eigenvalue weighted by atomic mass is 35.5. The molecule has 0 aliphatic heterocycles. The fourth-order valence-electron chi connectivity index (χ4n) is 2.59. The van der Waals surface area contributed by atoms with Crippen LogP contribution in [0, 0.1) is 0 Å². The van der Waals surface area contributed by atoms with Crippen LogP contribution in [0.3, 0.4) is 0 Å². The fraction of sp³-hybridized carbons (Fsp3) is 0.591. The molecule has 0 aromatic heterocycles.